The van der Waals surface area contributed by atoms with Gasteiger partial charge in [0.25, 0.3) is 0 Å². The molecule has 0 spiro atoms. The average Bonchev–Trinajstić information content (AvgIpc) is 2.91. The Bertz CT molecular complexity index is 1180. The molecule has 3 atom stereocenters. The molecule has 7 nitrogen and oxygen atoms in total. The number of rotatable bonds is 12. The molecule has 0 bridgehead atoms. The van der Waals surface area contributed by atoms with Crippen LogP contribution in [0.5, 0.6) is 17.2 Å². The predicted molar refractivity (Wildman–Crippen MR) is 149 cm³/mol. The molecule has 3 unspecified atom stereocenters. The van der Waals surface area contributed by atoms with Crippen molar-refractivity contribution in [3.05, 3.63) is 57.5 Å². The van der Waals surface area contributed by atoms with Gasteiger partial charge in [-0.25, -0.2) is 4.79 Å². The number of hydrogen-bond donors (Lipinski definition) is 1. The molecule has 204 valence electrons. The van der Waals surface area contributed by atoms with Crippen molar-refractivity contribution in [3.63, 3.8) is 0 Å². The van der Waals surface area contributed by atoms with Gasteiger partial charge in [-0.15, -0.1) is 0 Å². The Balaban J connectivity index is 0.00000334. The summed E-state index contributed by atoms with van der Waals surface area (Å²) in [4.78, 5) is 23.6. The number of aryl methyl sites for hydroxylation is 1. The molecular weight excluding hydrogens is 472 g/mol. The van der Waals surface area contributed by atoms with E-state index in [2.05, 4.69) is 13.8 Å². The fourth-order valence-corrected chi connectivity index (χ4v) is 4.27. The topological polar surface area (TPSA) is 95.2 Å². The maximum atomic E-state index is 13.1. The molecule has 37 heavy (non-hydrogen) atoms. The third-order valence-electron chi connectivity index (χ3n) is 6.32. The van der Waals surface area contributed by atoms with E-state index in [9.17, 15) is 14.7 Å². The average molecular weight is 515 g/mol. The number of allylic oxidation sites excluding steroid dienone is 5. The number of fused-ring (bicyclic) bond motifs is 1. The Morgan fingerprint density at radius 3 is 2.32 bits per heavy atom. The molecule has 0 aliphatic heterocycles. The standard InChI is InChI=1S/C28H36O7.C2H6/c1-17(16-29)11-9-8-10-12-18(2)27(34-7)19(3)13-14-21-20(4)25(30)24-22(32-5)15-23(33-6)26(31)28(24)35-21;1-2/h8-11,15,18-19,27,31H,12-14H2,1-7H3;1-2H3. The molecule has 2 aromatic rings. The monoisotopic (exact) mass is 514 g/mol. The molecular formula is C30H42O7. The van der Waals surface area contributed by atoms with Gasteiger partial charge in [-0.05, 0) is 44.6 Å². The Labute approximate surface area is 220 Å². The molecule has 0 aliphatic carbocycles. The van der Waals surface area contributed by atoms with Crippen LogP contribution in [0.3, 0.4) is 0 Å². The van der Waals surface area contributed by atoms with Crippen LogP contribution < -0.4 is 14.9 Å². The van der Waals surface area contributed by atoms with Crippen LogP contribution in [-0.4, -0.2) is 38.5 Å². The SMILES string of the molecule is CC.COc1cc(OC)c2c(=O)c(C)c(CCC(C)C(OC)C(C)CC=CC=CC(C)=C=O)oc2c1O. The molecule has 0 saturated carbocycles. The highest BCUT2D eigenvalue weighted by Crippen LogP contribution is 2.40. The second-order valence-electron chi connectivity index (χ2n) is 8.81. The van der Waals surface area contributed by atoms with Gasteiger partial charge in [0.1, 0.15) is 22.8 Å². The first-order valence-corrected chi connectivity index (χ1v) is 12.7. The first-order chi connectivity index (χ1) is 17.7. The minimum Gasteiger partial charge on any atom is -0.502 e. The summed E-state index contributed by atoms with van der Waals surface area (Å²) in [6.45, 7) is 11.7. The number of hydrogen-bond acceptors (Lipinski definition) is 7. The first kappa shape index (κ1) is 31.7. The minimum absolute atomic E-state index is 0.00121. The summed E-state index contributed by atoms with van der Waals surface area (Å²) in [5, 5.41) is 10.8. The molecule has 7 heteroatoms. The number of benzene rings is 1. The van der Waals surface area contributed by atoms with Crippen LogP contribution in [0.25, 0.3) is 11.0 Å². The highest BCUT2D eigenvalue weighted by molar-refractivity contribution is 5.91. The summed E-state index contributed by atoms with van der Waals surface area (Å²) in [6.07, 6.45) is 9.56. The molecule has 0 fully saturated rings. The Hall–Kier alpha value is -3.28. The first-order valence-electron chi connectivity index (χ1n) is 12.7. The van der Waals surface area contributed by atoms with E-state index in [-0.39, 0.29) is 45.8 Å². The lowest BCUT2D eigenvalue weighted by Crippen LogP contribution is -2.28. The van der Waals surface area contributed by atoms with E-state index in [0.717, 1.165) is 12.8 Å². The van der Waals surface area contributed by atoms with Crippen molar-refractivity contribution in [1.82, 2.24) is 0 Å². The van der Waals surface area contributed by atoms with Gasteiger partial charge in [-0.2, -0.15) is 0 Å². The van der Waals surface area contributed by atoms with Gasteiger partial charge in [0, 0.05) is 30.7 Å². The molecule has 1 heterocycles. The van der Waals surface area contributed by atoms with E-state index in [1.807, 2.05) is 38.0 Å². The van der Waals surface area contributed by atoms with Gasteiger partial charge < -0.3 is 23.7 Å². The number of methoxy groups -OCH3 is 3. The highest BCUT2D eigenvalue weighted by atomic mass is 16.5. The van der Waals surface area contributed by atoms with Crippen molar-refractivity contribution in [2.75, 3.05) is 21.3 Å². The zero-order valence-electron chi connectivity index (χ0n) is 23.6. The summed E-state index contributed by atoms with van der Waals surface area (Å²) < 4.78 is 22.4. The molecule has 1 N–H and O–H groups in total. The summed E-state index contributed by atoms with van der Waals surface area (Å²) >= 11 is 0. The quantitative estimate of drug-likeness (QED) is 0.260. The second kappa shape index (κ2) is 15.7. The van der Waals surface area contributed by atoms with Crippen molar-refractivity contribution in [2.24, 2.45) is 11.8 Å². The van der Waals surface area contributed by atoms with E-state index in [4.69, 9.17) is 18.6 Å². The zero-order valence-corrected chi connectivity index (χ0v) is 23.6. The van der Waals surface area contributed by atoms with Crippen LogP contribution in [0.2, 0.25) is 0 Å². The molecule has 0 saturated heterocycles. The number of carbonyl (C=O) groups excluding carboxylic acids is 1. The van der Waals surface area contributed by atoms with Crippen molar-refractivity contribution in [2.45, 2.75) is 66.9 Å². The van der Waals surface area contributed by atoms with Crippen molar-refractivity contribution < 1.29 is 28.5 Å². The van der Waals surface area contributed by atoms with Crippen molar-refractivity contribution in [1.29, 1.82) is 0 Å². The fourth-order valence-electron chi connectivity index (χ4n) is 4.27. The number of ether oxygens (including phenoxy) is 3. The molecule has 0 amide bonds. The maximum Gasteiger partial charge on any atom is 0.202 e. The second-order valence-corrected chi connectivity index (χ2v) is 8.81. The third kappa shape index (κ3) is 8.11. The van der Waals surface area contributed by atoms with Gasteiger partial charge in [0.15, 0.2) is 16.8 Å². The Morgan fingerprint density at radius 2 is 1.76 bits per heavy atom. The summed E-state index contributed by atoms with van der Waals surface area (Å²) in [5.41, 5.74) is 0.864. The fraction of sp³-hybridized carbons (Fsp3) is 0.500. The lowest BCUT2D eigenvalue weighted by atomic mass is 9.87. The van der Waals surface area contributed by atoms with Crippen LogP contribution in [0.15, 0.2) is 45.2 Å². The van der Waals surface area contributed by atoms with Gasteiger partial charge in [0.05, 0.1) is 20.3 Å². The van der Waals surface area contributed by atoms with Crippen LogP contribution in [0.4, 0.5) is 0 Å². The zero-order chi connectivity index (χ0) is 28.1. The lowest BCUT2D eigenvalue weighted by Gasteiger charge is -2.28. The molecule has 1 aromatic heterocycles. The normalized spacial score (nSPS) is 13.6. The highest BCUT2D eigenvalue weighted by Gasteiger charge is 2.25. The predicted octanol–water partition coefficient (Wildman–Crippen LogP) is 6.35. The number of phenolic OH excluding ortho intramolecular Hbond substituents is 1. The molecule has 2 rings (SSSR count). The van der Waals surface area contributed by atoms with Crippen molar-refractivity contribution in [3.8, 4) is 17.2 Å². The molecule has 1 aromatic carbocycles. The summed E-state index contributed by atoms with van der Waals surface area (Å²) in [6, 6.07) is 1.48. The third-order valence-corrected chi connectivity index (χ3v) is 6.32. The van der Waals surface area contributed by atoms with E-state index in [1.165, 1.54) is 20.3 Å². The Morgan fingerprint density at radius 1 is 1.11 bits per heavy atom. The van der Waals surface area contributed by atoms with E-state index in [1.54, 1.807) is 27.0 Å². The van der Waals surface area contributed by atoms with E-state index >= 15 is 0 Å². The minimum atomic E-state index is -0.238. The van der Waals surface area contributed by atoms with Crippen LogP contribution in [0, 0.1) is 18.8 Å². The smallest absolute Gasteiger partial charge is 0.202 e. The van der Waals surface area contributed by atoms with Crippen LogP contribution in [-0.2, 0) is 16.0 Å². The van der Waals surface area contributed by atoms with E-state index < -0.39 is 0 Å². The number of phenols is 1. The van der Waals surface area contributed by atoms with Crippen LogP contribution in [0.1, 0.15) is 58.8 Å². The summed E-state index contributed by atoms with van der Waals surface area (Å²) in [7, 11) is 4.59. The summed E-state index contributed by atoms with van der Waals surface area (Å²) in [5.74, 6) is 3.04. The molecule has 0 radical (unpaired) electrons. The van der Waals surface area contributed by atoms with Gasteiger partial charge in [-0.1, -0.05) is 45.9 Å². The lowest BCUT2D eigenvalue weighted by molar-refractivity contribution is 0.0152. The van der Waals surface area contributed by atoms with E-state index in [0.29, 0.717) is 29.1 Å². The van der Waals surface area contributed by atoms with Gasteiger partial charge >= 0.3 is 0 Å². The van der Waals surface area contributed by atoms with Crippen molar-refractivity contribution >= 4 is 16.9 Å². The number of aromatic hydroxyl groups is 1. The van der Waals surface area contributed by atoms with Gasteiger partial charge in [0.2, 0.25) is 5.75 Å². The van der Waals surface area contributed by atoms with Crippen LogP contribution >= 0.6 is 0 Å². The Kier molecular flexibility index (Phi) is 13.5. The maximum absolute atomic E-state index is 13.1. The molecule has 0 aliphatic rings. The van der Waals surface area contributed by atoms with Gasteiger partial charge in [-0.3, -0.25) is 4.79 Å². The largest absolute Gasteiger partial charge is 0.502 e.